The number of hydrogen-bond acceptors (Lipinski definition) is 8. The van der Waals surface area contributed by atoms with Crippen LogP contribution in [0.5, 0.6) is 0 Å². The molecule has 2 aliphatic heterocycles. The van der Waals surface area contributed by atoms with Gasteiger partial charge in [-0.15, -0.1) is 0 Å². The van der Waals surface area contributed by atoms with Crippen LogP contribution < -0.4 is 4.90 Å². The van der Waals surface area contributed by atoms with E-state index in [4.69, 9.17) is 4.74 Å². The maximum Gasteiger partial charge on any atom is 0.293 e. The number of morpholine rings is 1. The number of nitro benzene ring substituents is 1. The number of sulfonamides is 1. The van der Waals surface area contributed by atoms with Crippen molar-refractivity contribution >= 4 is 21.4 Å². The van der Waals surface area contributed by atoms with E-state index in [-0.39, 0.29) is 23.7 Å². The zero-order valence-electron chi connectivity index (χ0n) is 18.1. The minimum atomic E-state index is -3.82. The summed E-state index contributed by atoms with van der Waals surface area (Å²) in [5, 5.41) is 21.1. The van der Waals surface area contributed by atoms with E-state index in [1.807, 2.05) is 23.1 Å². The Bertz CT molecular complexity index is 1170. The molecule has 0 N–H and O–H groups in total. The van der Waals surface area contributed by atoms with Crippen LogP contribution in [0, 0.1) is 21.4 Å². The topological polar surface area (TPSA) is 120 Å². The monoisotopic (exact) mass is 471 g/mol. The second-order valence-electron chi connectivity index (χ2n) is 7.96. The van der Waals surface area contributed by atoms with Gasteiger partial charge >= 0.3 is 0 Å². The molecule has 0 spiro atoms. The van der Waals surface area contributed by atoms with E-state index >= 15 is 0 Å². The molecule has 174 valence electrons. The quantitative estimate of drug-likeness (QED) is 0.462. The van der Waals surface area contributed by atoms with Gasteiger partial charge in [0.15, 0.2) is 0 Å². The fourth-order valence-electron chi connectivity index (χ4n) is 4.17. The number of nitro groups is 1. The van der Waals surface area contributed by atoms with E-state index < -0.39 is 14.9 Å². The van der Waals surface area contributed by atoms with Gasteiger partial charge in [0.2, 0.25) is 10.0 Å². The highest BCUT2D eigenvalue weighted by Gasteiger charge is 2.30. The second-order valence-corrected chi connectivity index (χ2v) is 9.89. The van der Waals surface area contributed by atoms with Gasteiger partial charge in [-0.05, 0) is 23.8 Å². The molecule has 2 fully saturated rings. The maximum atomic E-state index is 12.9. The fraction of sp³-hybridized carbons (Fsp3) is 0.409. The Hall–Kier alpha value is -3.04. The predicted octanol–water partition coefficient (Wildman–Crippen LogP) is 1.81. The van der Waals surface area contributed by atoms with Crippen LogP contribution in [0.3, 0.4) is 0 Å². The first-order chi connectivity index (χ1) is 15.9. The number of hydrogen-bond donors (Lipinski definition) is 0. The molecule has 11 heteroatoms. The first-order valence-corrected chi connectivity index (χ1v) is 12.2. The Balaban J connectivity index is 1.49. The van der Waals surface area contributed by atoms with Crippen molar-refractivity contribution in [1.82, 2.24) is 9.21 Å². The summed E-state index contributed by atoms with van der Waals surface area (Å²) in [4.78, 5) is 15.3. The van der Waals surface area contributed by atoms with Gasteiger partial charge in [-0.1, -0.05) is 18.2 Å². The van der Waals surface area contributed by atoms with Crippen LogP contribution in [0.4, 0.5) is 11.4 Å². The first-order valence-electron chi connectivity index (χ1n) is 10.7. The molecule has 0 amide bonds. The van der Waals surface area contributed by atoms with Crippen molar-refractivity contribution in [3.8, 4) is 6.07 Å². The average molecular weight is 472 g/mol. The molecule has 0 saturated carbocycles. The number of anilines is 1. The predicted molar refractivity (Wildman–Crippen MR) is 121 cm³/mol. The highest BCUT2D eigenvalue weighted by molar-refractivity contribution is 7.89. The summed E-state index contributed by atoms with van der Waals surface area (Å²) in [6.45, 7) is 4.18. The molecule has 0 unspecified atom stereocenters. The van der Waals surface area contributed by atoms with Crippen molar-refractivity contribution in [1.29, 1.82) is 5.26 Å². The SMILES string of the molecule is N#Cc1ccccc1CN1CCN(c2ccc(S(=O)(=O)N3CCOCC3)cc2[N+](=O)[O-])CC1. The van der Waals surface area contributed by atoms with E-state index in [0.29, 0.717) is 57.2 Å². The van der Waals surface area contributed by atoms with Crippen LogP contribution in [0.25, 0.3) is 0 Å². The van der Waals surface area contributed by atoms with Gasteiger partial charge in [-0.25, -0.2) is 8.42 Å². The lowest BCUT2D eigenvalue weighted by Crippen LogP contribution is -2.46. The van der Waals surface area contributed by atoms with E-state index in [1.165, 1.54) is 16.4 Å². The molecule has 0 atom stereocenters. The summed E-state index contributed by atoms with van der Waals surface area (Å²) in [7, 11) is -3.82. The van der Waals surface area contributed by atoms with Gasteiger partial charge in [-0.2, -0.15) is 9.57 Å². The zero-order chi connectivity index (χ0) is 23.4. The molecule has 2 aliphatic rings. The maximum absolute atomic E-state index is 12.9. The van der Waals surface area contributed by atoms with E-state index in [2.05, 4.69) is 11.0 Å². The van der Waals surface area contributed by atoms with Crippen LogP contribution in [0.2, 0.25) is 0 Å². The number of nitriles is 1. The third kappa shape index (κ3) is 4.99. The van der Waals surface area contributed by atoms with Crippen molar-refractivity contribution in [2.75, 3.05) is 57.4 Å². The standard InChI is InChI=1S/C22H25N5O5S/c23-16-18-3-1-2-4-19(18)17-24-7-9-25(10-8-24)21-6-5-20(15-22(21)27(28)29)33(30,31)26-11-13-32-14-12-26/h1-6,15H,7-14,17H2. The molecule has 2 saturated heterocycles. The molecule has 2 aromatic rings. The lowest BCUT2D eigenvalue weighted by Gasteiger charge is -2.36. The summed E-state index contributed by atoms with van der Waals surface area (Å²) in [6.07, 6.45) is 0. The first kappa shape index (κ1) is 23.1. The molecule has 10 nitrogen and oxygen atoms in total. The Kier molecular flexibility index (Phi) is 6.90. The molecule has 0 aromatic heterocycles. The third-order valence-corrected chi connectivity index (χ3v) is 7.89. The van der Waals surface area contributed by atoms with Gasteiger partial charge < -0.3 is 9.64 Å². The number of ether oxygens (including phenoxy) is 1. The van der Waals surface area contributed by atoms with Crippen molar-refractivity contribution < 1.29 is 18.1 Å². The molecule has 4 rings (SSSR count). The summed E-state index contributed by atoms with van der Waals surface area (Å²) in [5.41, 5.74) is 1.80. The van der Waals surface area contributed by atoms with Crippen LogP contribution in [0.15, 0.2) is 47.4 Å². The minimum absolute atomic E-state index is 0.0772. The number of rotatable bonds is 6. The average Bonchev–Trinajstić information content (AvgIpc) is 2.85. The molecular formula is C22H25N5O5S. The van der Waals surface area contributed by atoms with Crippen molar-refractivity contribution in [2.45, 2.75) is 11.4 Å². The summed E-state index contributed by atoms with van der Waals surface area (Å²) in [5.74, 6) is 0. The molecule has 0 bridgehead atoms. The minimum Gasteiger partial charge on any atom is -0.379 e. The van der Waals surface area contributed by atoms with Crippen molar-refractivity contribution in [3.05, 3.63) is 63.7 Å². The lowest BCUT2D eigenvalue weighted by molar-refractivity contribution is -0.384. The van der Waals surface area contributed by atoms with Gasteiger partial charge in [0.05, 0.1) is 34.7 Å². The summed E-state index contributed by atoms with van der Waals surface area (Å²) in [6, 6.07) is 13.8. The van der Waals surface area contributed by atoms with Crippen LogP contribution >= 0.6 is 0 Å². The highest BCUT2D eigenvalue weighted by Crippen LogP contribution is 2.33. The molecule has 2 aromatic carbocycles. The van der Waals surface area contributed by atoms with E-state index in [9.17, 15) is 23.8 Å². The van der Waals surface area contributed by atoms with Gasteiger partial charge in [0.1, 0.15) is 5.69 Å². The Morgan fingerprint density at radius 3 is 2.39 bits per heavy atom. The van der Waals surface area contributed by atoms with Crippen LogP contribution in [-0.4, -0.2) is 75.0 Å². The second kappa shape index (κ2) is 9.84. The Morgan fingerprint density at radius 1 is 1.03 bits per heavy atom. The Morgan fingerprint density at radius 2 is 1.73 bits per heavy atom. The third-order valence-electron chi connectivity index (χ3n) is 6.00. The Labute approximate surface area is 192 Å². The van der Waals surface area contributed by atoms with Crippen LogP contribution in [0.1, 0.15) is 11.1 Å². The molecule has 0 radical (unpaired) electrons. The molecular weight excluding hydrogens is 446 g/mol. The number of benzene rings is 2. The van der Waals surface area contributed by atoms with Crippen molar-refractivity contribution in [2.24, 2.45) is 0 Å². The summed E-state index contributed by atoms with van der Waals surface area (Å²) >= 11 is 0. The van der Waals surface area contributed by atoms with Gasteiger partial charge in [0.25, 0.3) is 5.69 Å². The number of nitrogens with zero attached hydrogens (tertiary/aromatic N) is 5. The summed E-state index contributed by atoms with van der Waals surface area (Å²) < 4.78 is 32.4. The fourth-order valence-corrected chi connectivity index (χ4v) is 5.60. The van der Waals surface area contributed by atoms with Crippen LogP contribution in [-0.2, 0) is 21.3 Å². The van der Waals surface area contributed by atoms with E-state index in [1.54, 1.807) is 6.07 Å². The molecule has 2 heterocycles. The molecule has 33 heavy (non-hydrogen) atoms. The molecule has 0 aliphatic carbocycles. The zero-order valence-corrected chi connectivity index (χ0v) is 18.9. The van der Waals surface area contributed by atoms with Gasteiger partial charge in [-0.3, -0.25) is 15.0 Å². The largest absolute Gasteiger partial charge is 0.379 e. The smallest absolute Gasteiger partial charge is 0.293 e. The normalized spacial score (nSPS) is 18.1. The lowest BCUT2D eigenvalue weighted by atomic mass is 10.1. The highest BCUT2D eigenvalue weighted by atomic mass is 32.2. The van der Waals surface area contributed by atoms with Crippen molar-refractivity contribution in [3.63, 3.8) is 0 Å². The van der Waals surface area contributed by atoms with E-state index in [0.717, 1.165) is 11.6 Å². The van der Waals surface area contributed by atoms with Gasteiger partial charge in [0, 0.05) is 51.9 Å². The number of piperazine rings is 1.